The molecule has 0 unspecified atom stereocenters. The Kier molecular flexibility index (Phi) is 3.91. The zero-order chi connectivity index (χ0) is 14.8. The van der Waals surface area contributed by atoms with Crippen LogP contribution < -0.4 is 0 Å². The van der Waals surface area contributed by atoms with Crippen LogP contribution >= 0.6 is 0 Å². The van der Waals surface area contributed by atoms with Crippen LogP contribution in [-0.4, -0.2) is 44.2 Å². The van der Waals surface area contributed by atoms with E-state index in [9.17, 15) is 20.1 Å². The van der Waals surface area contributed by atoms with Crippen molar-refractivity contribution < 1.29 is 25.2 Å². The second kappa shape index (κ2) is 5.47. The molecular formula is C15H14O5. The lowest BCUT2D eigenvalue weighted by Gasteiger charge is -2.31. The average molecular weight is 274 g/mol. The van der Waals surface area contributed by atoms with Crippen LogP contribution in [0.5, 0.6) is 0 Å². The van der Waals surface area contributed by atoms with Crippen LogP contribution in [0.1, 0.15) is 12.0 Å². The van der Waals surface area contributed by atoms with Gasteiger partial charge in [-0.3, -0.25) is 0 Å². The van der Waals surface area contributed by atoms with E-state index < -0.39 is 30.2 Å². The summed E-state index contributed by atoms with van der Waals surface area (Å²) in [4.78, 5) is 11.0. The van der Waals surface area contributed by atoms with Crippen LogP contribution in [0.15, 0.2) is 42.0 Å². The fourth-order valence-electron chi connectivity index (χ4n) is 1.96. The molecule has 0 saturated heterocycles. The Morgan fingerprint density at radius 2 is 1.85 bits per heavy atom. The van der Waals surface area contributed by atoms with Crippen LogP contribution in [0.25, 0.3) is 0 Å². The number of carboxylic acid groups (broad SMARTS) is 1. The Morgan fingerprint density at radius 1 is 1.20 bits per heavy atom. The molecular weight excluding hydrogens is 260 g/mol. The third-order valence-electron chi connectivity index (χ3n) is 3.09. The van der Waals surface area contributed by atoms with E-state index in [1.807, 2.05) is 6.07 Å². The van der Waals surface area contributed by atoms with Gasteiger partial charge in [0.1, 0.15) is 6.10 Å². The second-order valence-electron chi connectivity index (χ2n) is 4.66. The molecule has 20 heavy (non-hydrogen) atoms. The molecule has 5 nitrogen and oxygen atoms in total. The highest BCUT2D eigenvalue weighted by molar-refractivity contribution is 5.81. The molecule has 0 aliphatic heterocycles. The lowest BCUT2D eigenvalue weighted by Crippen LogP contribution is -2.47. The summed E-state index contributed by atoms with van der Waals surface area (Å²) in [6, 6.07) is 8.91. The predicted octanol–water partition coefficient (Wildman–Crippen LogP) is -0.0943. The molecule has 0 bridgehead atoms. The van der Waals surface area contributed by atoms with Gasteiger partial charge in [0.2, 0.25) is 0 Å². The van der Waals surface area contributed by atoms with Crippen LogP contribution in [0.3, 0.4) is 0 Å². The minimum atomic E-state index is -2.21. The molecule has 0 amide bonds. The van der Waals surface area contributed by atoms with Gasteiger partial charge in [0.25, 0.3) is 0 Å². The van der Waals surface area contributed by atoms with Gasteiger partial charge in [0.05, 0.1) is 6.10 Å². The van der Waals surface area contributed by atoms with Crippen molar-refractivity contribution in [1.29, 1.82) is 0 Å². The quantitative estimate of drug-likeness (QED) is 0.536. The molecule has 1 aromatic rings. The van der Waals surface area contributed by atoms with E-state index in [0.29, 0.717) is 5.56 Å². The summed E-state index contributed by atoms with van der Waals surface area (Å²) in [5.41, 5.74) is -1.53. The number of aliphatic hydroxyl groups excluding tert-OH is 2. The van der Waals surface area contributed by atoms with Crippen LogP contribution in [0.2, 0.25) is 0 Å². The number of aliphatic hydroxyl groups is 3. The average Bonchev–Trinajstić information content (AvgIpc) is 2.42. The third-order valence-corrected chi connectivity index (χ3v) is 3.09. The van der Waals surface area contributed by atoms with Gasteiger partial charge < -0.3 is 20.4 Å². The van der Waals surface area contributed by atoms with Crippen LogP contribution in [-0.2, 0) is 4.79 Å². The lowest BCUT2D eigenvalue weighted by molar-refractivity contribution is -0.158. The Balaban J connectivity index is 2.36. The number of carbonyl (C=O) groups is 1. The summed E-state index contributed by atoms with van der Waals surface area (Å²) >= 11 is 0. The fraction of sp³-hybridized carbons (Fsp3) is 0.267. The first-order chi connectivity index (χ1) is 9.42. The van der Waals surface area contributed by atoms with Gasteiger partial charge >= 0.3 is 5.97 Å². The molecule has 0 saturated carbocycles. The minimum absolute atomic E-state index is 0.00231. The summed E-state index contributed by atoms with van der Waals surface area (Å²) in [6.07, 6.45) is -2.16. The number of hydrogen-bond donors (Lipinski definition) is 4. The van der Waals surface area contributed by atoms with Crippen molar-refractivity contribution in [3.63, 3.8) is 0 Å². The molecule has 1 aromatic carbocycles. The van der Waals surface area contributed by atoms with Crippen molar-refractivity contribution in [2.45, 2.75) is 24.2 Å². The number of aliphatic carboxylic acids is 1. The van der Waals surface area contributed by atoms with Gasteiger partial charge in [-0.25, -0.2) is 4.79 Å². The molecule has 0 radical (unpaired) electrons. The zero-order valence-electron chi connectivity index (χ0n) is 10.5. The molecule has 0 heterocycles. The first-order valence-corrected chi connectivity index (χ1v) is 6.04. The van der Waals surface area contributed by atoms with Gasteiger partial charge in [-0.2, -0.15) is 0 Å². The topological polar surface area (TPSA) is 98.0 Å². The smallest absolute Gasteiger partial charge is 0.339 e. The van der Waals surface area contributed by atoms with Gasteiger partial charge in [0, 0.05) is 17.6 Å². The van der Waals surface area contributed by atoms with E-state index in [-0.39, 0.29) is 5.57 Å². The van der Waals surface area contributed by atoms with E-state index in [1.165, 1.54) is 0 Å². The minimum Gasteiger partial charge on any atom is -0.479 e. The fourth-order valence-corrected chi connectivity index (χ4v) is 1.96. The molecule has 2 rings (SSSR count). The van der Waals surface area contributed by atoms with E-state index in [1.54, 1.807) is 24.3 Å². The van der Waals surface area contributed by atoms with Crippen molar-refractivity contribution in [3.8, 4) is 11.8 Å². The first-order valence-electron chi connectivity index (χ1n) is 6.04. The monoisotopic (exact) mass is 274 g/mol. The van der Waals surface area contributed by atoms with E-state index in [4.69, 9.17) is 5.11 Å². The highest BCUT2D eigenvalue weighted by Crippen LogP contribution is 2.27. The number of benzene rings is 1. The van der Waals surface area contributed by atoms with Crippen LogP contribution in [0, 0.1) is 11.8 Å². The number of hydrogen-bond acceptors (Lipinski definition) is 4. The number of carboxylic acids is 1. The van der Waals surface area contributed by atoms with Gasteiger partial charge in [-0.05, 0) is 18.2 Å². The maximum Gasteiger partial charge on any atom is 0.339 e. The molecule has 0 spiro atoms. The Bertz CT molecular complexity index is 596. The van der Waals surface area contributed by atoms with Crippen molar-refractivity contribution in [3.05, 3.63) is 47.5 Å². The molecule has 3 atom stereocenters. The van der Waals surface area contributed by atoms with Crippen LogP contribution in [0.4, 0.5) is 0 Å². The SMILES string of the molecule is O=C(O)[C@]1(O)C=C(C#Cc2ccccc2)[C@@H](O)[C@H](O)C1. The van der Waals surface area contributed by atoms with Crippen molar-refractivity contribution >= 4 is 5.97 Å². The van der Waals surface area contributed by atoms with Crippen molar-refractivity contribution in [1.82, 2.24) is 0 Å². The predicted molar refractivity (Wildman–Crippen MR) is 70.6 cm³/mol. The normalized spacial score (nSPS) is 29.1. The maximum atomic E-state index is 11.0. The summed E-state index contributed by atoms with van der Waals surface area (Å²) < 4.78 is 0. The number of rotatable bonds is 1. The standard InChI is InChI=1S/C15H14O5/c16-12-9-15(20,14(18)19)8-11(13(12)17)7-6-10-4-2-1-3-5-10/h1-5,8,12-13,16-17,20H,9H2,(H,18,19)/t12-,13-,15+/m1/s1. The third kappa shape index (κ3) is 2.89. The highest BCUT2D eigenvalue weighted by Gasteiger charge is 2.43. The molecule has 0 aromatic heterocycles. The Labute approximate surface area is 115 Å². The Morgan fingerprint density at radius 3 is 2.45 bits per heavy atom. The van der Waals surface area contributed by atoms with Gasteiger partial charge in [-0.1, -0.05) is 30.0 Å². The van der Waals surface area contributed by atoms with Gasteiger partial charge in [0.15, 0.2) is 5.60 Å². The summed E-state index contributed by atoms with van der Waals surface area (Å²) in [7, 11) is 0. The Hall–Kier alpha value is -2.13. The largest absolute Gasteiger partial charge is 0.479 e. The molecule has 0 fully saturated rings. The molecule has 1 aliphatic carbocycles. The highest BCUT2D eigenvalue weighted by atomic mass is 16.4. The zero-order valence-corrected chi connectivity index (χ0v) is 10.5. The molecule has 104 valence electrons. The van der Waals surface area contributed by atoms with E-state index in [2.05, 4.69) is 11.8 Å². The molecule has 5 heteroatoms. The van der Waals surface area contributed by atoms with E-state index in [0.717, 1.165) is 6.08 Å². The maximum absolute atomic E-state index is 11.0. The van der Waals surface area contributed by atoms with Gasteiger partial charge in [-0.15, -0.1) is 0 Å². The first kappa shape index (κ1) is 14.3. The summed E-state index contributed by atoms with van der Waals surface area (Å²) in [5, 5.41) is 38.3. The summed E-state index contributed by atoms with van der Waals surface area (Å²) in [6.45, 7) is 0. The molecule has 1 aliphatic rings. The summed E-state index contributed by atoms with van der Waals surface area (Å²) in [5.74, 6) is 3.87. The lowest BCUT2D eigenvalue weighted by atomic mass is 9.83. The molecule has 4 N–H and O–H groups in total. The van der Waals surface area contributed by atoms with Crippen molar-refractivity contribution in [2.24, 2.45) is 0 Å². The van der Waals surface area contributed by atoms with Crippen molar-refractivity contribution in [2.75, 3.05) is 0 Å². The second-order valence-corrected chi connectivity index (χ2v) is 4.66. The van der Waals surface area contributed by atoms with E-state index >= 15 is 0 Å².